The van der Waals surface area contributed by atoms with Crippen LogP contribution in [-0.4, -0.2) is 48.3 Å². The zero-order valence-corrected chi connectivity index (χ0v) is 9.78. The maximum atomic E-state index is 9.40. The number of hydrogen-bond acceptors (Lipinski definition) is 3. The van der Waals surface area contributed by atoms with Crippen molar-refractivity contribution in [3.63, 3.8) is 0 Å². The number of nitrogens with one attached hydrogen (secondary N) is 1. The van der Waals surface area contributed by atoms with Gasteiger partial charge in [0.2, 0.25) is 0 Å². The molecule has 0 aromatic rings. The van der Waals surface area contributed by atoms with E-state index in [-0.39, 0.29) is 6.10 Å². The zero-order chi connectivity index (χ0) is 10.7. The van der Waals surface area contributed by atoms with Crippen LogP contribution in [-0.2, 0) is 0 Å². The zero-order valence-electron chi connectivity index (χ0n) is 9.78. The smallest absolute Gasteiger partial charge is 0.0639 e. The average molecular weight is 212 g/mol. The molecule has 2 unspecified atom stereocenters. The number of rotatable bonds is 3. The first-order valence-corrected chi connectivity index (χ1v) is 6.39. The second-order valence-corrected chi connectivity index (χ2v) is 5.21. The third-order valence-electron chi connectivity index (χ3n) is 3.73. The molecule has 2 fully saturated rings. The van der Waals surface area contributed by atoms with Gasteiger partial charge in [-0.3, -0.25) is 0 Å². The Morgan fingerprint density at radius 1 is 1.40 bits per heavy atom. The van der Waals surface area contributed by atoms with Crippen LogP contribution in [0.25, 0.3) is 0 Å². The predicted molar refractivity (Wildman–Crippen MR) is 61.9 cm³/mol. The first-order chi connectivity index (χ1) is 7.25. The number of aliphatic hydroxyl groups is 1. The summed E-state index contributed by atoms with van der Waals surface area (Å²) >= 11 is 0. The van der Waals surface area contributed by atoms with Crippen molar-refractivity contribution in [1.29, 1.82) is 0 Å². The molecule has 2 heterocycles. The van der Waals surface area contributed by atoms with E-state index in [9.17, 15) is 5.11 Å². The van der Waals surface area contributed by atoms with Crippen molar-refractivity contribution in [1.82, 2.24) is 10.2 Å². The van der Waals surface area contributed by atoms with E-state index in [0.717, 1.165) is 18.5 Å². The molecule has 88 valence electrons. The van der Waals surface area contributed by atoms with E-state index in [1.807, 2.05) is 6.92 Å². The Bertz CT molecular complexity index is 190. The van der Waals surface area contributed by atoms with Crippen LogP contribution in [0.5, 0.6) is 0 Å². The van der Waals surface area contributed by atoms with Gasteiger partial charge >= 0.3 is 0 Å². The molecule has 3 heteroatoms. The first kappa shape index (κ1) is 11.4. The number of aliphatic hydroxyl groups excluding tert-OH is 1. The van der Waals surface area contributed by atoms with Crippen LogP contribution in [0.15, 0.2) is 0 Å². The van der Waals surface area contributed by atoms with Crippen LogP contribution in [0.2, 0.25) is 0 Å². The summed E-state index contributed by atoms with van der Waals surface area (Å²) < 4.78 is 0. The fourth-order valence-electron chi connectivity index (χ4n) is 3.07. The molecule has 15 heavy (non-hydrogen) atoms. The summed E-state index contributed by atoms with van der Waals surface area (Å²) in [7, 11) is 0. The molecule has 2 saturated heterocycles. The molecule has 0 amide bonds. The highest BCUT2D eigenvalue weighted by atomic mass is 16.3. The van der Waals surface area contributed by atoms with Crippen LogP contribution in [0.3, 0.4) is 0 Å². The lowest BCUT2D eigenvalue weighted by molar-refractivity contribution is 0.0865. The van der Waals surface area contributed by atoms with Crippen molar-refractivity contribution in [3.8, 4) is 0 Å². The minimum Gasteiger partial charge on any atom is -0.392 e. The second-order valence-electron chi connectivity index (χ2n) is 5.21. The van der Waals surface area contributed by atoms with Crippen molar-refractivity contribution in [3.05, 3.63) is 0 Å². The summed E-state index contributed by atoms with van der Waals surface area (Å²) in [5.41, 5.74) is 0. The number of hydrogen-bond donors (Lipinski definition) is 2. The number of piperidine rings is 1. The third kappa shape index (κ3) is 3.16. The molecule has 0 spiro atoms. The fourth-order valence-corrected chi connectivity index (χ4v) is 3.07. The Kier molecular flexibility index (Phi) is 4.00. The van der Waals surface area contributed by atoms with E-state index < -0.39 is 0 Å². The van der Waals surface area contributed by atoms with E-state index in [4.69, 9.17) is 0 Å². The minimum atomic E-state index is -0.180. The van der Waals surface area contributed by atoms with E-state index in [1.165, 1.54) is 45.3 Å². The van der Waals surface area contributed by atoms with Crippen LogP contribution in [0.4, 0.5) is 0 Å². The molecular weight excluding hydrogens is 188 g/mol. The van der Waals surface area contributed by atoms with Crippen molar-refractivity contribution < 1.29 is 5.11 Å². The quantitative estimate of drug-likeness (QED) is 0.727. The van der Waals surface area contributed by atoms with Crippen molar-refractivity contribution in [2.75, 3.05) is 26.2 Å². The topological polar surface area (TPSA) is 35.5 Å². The maximum absolute atomic E-state index is 9.40. The fraction of sp³-hybridized carbons (Fsp3) is 1.00. The molecular formula is C12H24N2O. The van der Waals surface area contributed by atoms with Crippen molar-refractivity contribution in [2.24, 2.45) is 5.92 Å². The largest absolute Gasteiger partial charge is 0.392 e. The van der Waals surface area contributed by atoms with Gasteiger partial charge in [-0.05, 0) is 51.6 Å². The number of β-amino-alcohol motifs (C(OH)–C–C–N with tert-alkyl or cyclic N) is 1. The summed E-state index contributed by atoms with van der Waals surface area (Å²) in [6, 6.07) is 0.752. The van der Waals surface area contributed by atoms with Gasteiger partial charge in [-0.1, -0.05) is 0 Å². The van der Waals surface area contributed by atoms with Crippen molar-refractivity contribution in [2.45, 2.75) is 44.8 Å². The summed E-state index contributed by atoms with van der Waals surface area (Å²) in [5, 5.41) is 13.0. The standard InChI is InChI=1S/C12H24N2O/c1-10(15)8-14-7-3-4-11(9-14)12-5-2-6-13-12/h10-13,15H,2-9H2,1H3/t10-,11?,12?/m1/s1. The molecule has 2 N–H and O–H groups in total. The molecule has 2 rings (SSSR count). The van der Waals surface area contributed by atoms with Gasteiger partial charge in [0.05, 0.1) is 6.10 Å². The van der Waals surface area contributed by atoms with Gasteiger partial charge in [0, 0.05) is 19.1 Å². The van der Waals surface area contributed by atoms with Crippen LogP contribution >= 0.6 is 0 Å². The van der Waals surface area contributed by atoms with Gasteiger partial charge in [-0.25, -0.2) is 0 Å². The van der Waals surface area contributed by atoms with Gasteiger partial charge in [0.25, 0.3) is 0 Å². The maximum Gasteiger partial charge on any atom is 0.0639 e. The normalized spacial score (nSPS) is 35.6. The lowest BCUT2D eigenvalue weighted by Gasteiger charge is -2.36. The first-order valence-electron chi connectivity index (χ1n) is 6.39. The molecule has 0 radical (unpaired) electrons. The molecule has 0 aliphatic carbocycles. The van der Waals surface area contributed by atoms with Crippen LogP contribution < -0.4 is 5.32 Å². The minimum absolute atomic E-state index is 0.180. The van der Waals surface area contributed by atoms with E-state index >= 15 is 0 Å². The number of nitrogens with zero attached hydrogens (tertiary/aromatic N) is 1. The lowest BCUT2D eigenvalue weighted by Crippen LogP contribution is -2.45. The van der Waals surface area contributed by atoms with Crippen LogP contribution in [0.1, 0.15) is 32.6 Å². The number of likely N-dealkylation sites (tertiary alicyclic amines) is 1. The molecule has 0 saturated carbocycles. The summed E-state index contributed by atoms with van der Waals surface area (Å²) in [4.78, 5) is 2.43. The van der Waals surface area contributed by atoms with Crippen LogP contribution in [0, 0.1) is 5.92 Å². The Morgan fingerprint density at radius 3 is 2.93 bits per heavy atom. The van der Waals surface area contributed by atoms with Gasteiger partial charge < -0.3 is 15.3 Å². The van der Waals surface area contributed by atoms with E-state index in [1.54, 1.807) is 0 Å². The Labute approximate surface area is 92.8 Å². The highest BCUT2D eigenvalue weighted by molar-refractivity contribution is 4.86. The molecule has 2 aliphatic heterocycles. The summed E-state index contributed by atoms with van der Waals surface area (Å²) in [5.74, 6) is 0.819. The second kappa shape index (κ2) is 5.28. The summed E-state index contributed by atoms with van der Waals surface area (Å²) in [6.07, 6.45) is 5.19. The highest BCUT2D eigenvalue weighted by Gasteiger charge is 2.29. The molecule has 3 nitrogen and oxygen atoms in total. The van der Waals surface area contributed by atoms with Gasteiger partial charge in [-0.15, -0.1) is 0 Å². The van der Waals surface area contributed by atoms with Gasteiger partial charge in [0.15, 0.2) is 0 Å². The Morgan fingerprint density at radius 2 is 2.27 bits per heavy atom. The van der Waals surface area contributed by atoms with E-state index in [0.29, 0.717) is 0 Å². The Balaban J connectivity index is 1.80. The molecule has 0 aromatic heterocycles. The van der Waals surface area contributed by atoms with Gasteiger partial charge in [-0.2, -0.15) is 0 Å². The lowest BCUT2D eigenvalue weighted by atomic mass is 9.89. The Hall–Kier alpha value is -0.120. The molecule has 2 aliphatic rings. The SMILES string of the molecule is C[C@@H](O)CN1CCCC(C2CCCN2)C1. The molecule has 0 bridgehead atoms. The highest BCUT2D eigenvalue weighted by Crippen LogP contribution is 2.24. The monoisotopic (exact) mass is 212 g/mol. The summed E-state index contributed by atoms with van der Waals surface area (Å²) in [6.45, 7) is 6.30. The van der Waals surface area contributed by atoms with Crippen molar-refractivity contribution >= 4 is 0 Å². The molecule has 0 aromatic carbocycles. The molecule has 3 atom stereocenters. The third-order valence-corrected chi connectivity index (χ3v) is 3.73. The average Bonchev–Trinajstić information content (AvgIpc) is 2.69. The predicted octanol–water partition coefficient (Wildman–Crippen LogP) is 0.831. The van der Waals surface area contributed by atoms with E-state index in [2.05, 4.69) is 10.2 Å². The van der Waals surface area contributed by atoms with Gasteiger partial charge in [0.1, 0.15) is 0 Å².